The summed E-state index contributed by atoms with van der Waals surface area (Å²) >= 11 is 0. The molecule has 0 aromatic heterocycles. The summed E-state index contributed by atoms with van der Waals surface area (Å²) in [5, 5.41) is 5.30. The Hall–Kier alpha value is -3.27. The van der Waals surface area contributed by atoms with E-state index in [1.54, 1.807) is 18.2 Å². The summed E-state index contributed by atoms with van der Waals surface area (Å²) in [6, 6.07) is 3.82. The molecule has 1 unspecified atom stereocenters. The van der Waals surface area contributed by atoms with Crippen molar-refractivity contribution < 1.29 is 33.4 Å². The second-order valence-corrected chi connectivity index (χ2v) is 8.94. The molecular weight excluding hydrogens is 430 g/mol. The van der Waals surface area contributed by atoms with Gasteiger partial charge >= 0.3 is 5.97 Å². The third kappa shape index (κ3) is 6.16. The van der Waals surface area contributed by atoms with Crippen LogP contribution in [0.15, 0.2) is 18.2 Å². The fourth-order valence-corrected chi connectivity index (χ4v) is 3.66. The molecule has 0 spiro atoms. The van der Waals surface area contributed by atoms with Gasteiger partial charge in [0.2, 0.25) is 11.8 Å². The first-order valence-electron chi connectivity index (χ1n) is 11.0. The van der Waals surface area contributed by atoms with E-state index in [-0.39, 0.29) is 36.4 Å². The number of amides is 4. The van der Waals surface area contributed by atoms with Gasteiger partial charge in [-0.15, -0.1) is 0 Å². The molecule has 1 aromatic rings. The first-order chi connectivity index (χ1) is 15.6. The van der Waals surface area contributed by atoms with E-state index in [2.05, 4.69) is 10.6 Å². The SMILES string of the molecule is CC(C)(C)OC(=O)CCCOCCNc1ccc2c(c1)C(=O)N(C1CCC(=O)NC1=O)C2=O. The minimum absolute atomic E-state index is 0.0778. The van der Waals surface area contributed by atoms with E-state index in [1.165, 1.54) is 0 Å². The molecule has 2 heterocycles. The molecule has 0 radical (unpaired) electrons. The molecule has 1 fully saturated rings. The predicted octanol–water partition coefficient (Wildman–Crippen LogP) is 1.64. The van der Waals surface area contributed by atoms with Crippen molar-refractivity contribution in [3.8, 4) is 0 Å². The van der Waals surface area contributed by atoms with Crippen molar-refractivity contribution in [2.45, 2.75) is 58.1 Å². The number of rotatable bonds is 9. The number of benzene rings is 1. The summed E-state index contributed by atoms with van der Waals surface area (Å²) in [4.78, 5) is 61.6. The van der Waals surface area contributed by atoms with E-state index in [4.69, 9.17) is 9.47 Å². The van der Waals surface area contributed by atoms with E-state index < -0.39 is 35.3 Å². The second-order valence-electron chi connectivity index (χ2n) is 8.94. The molecule has 10 nitrogen and oxygen atoms in total. The molecule has 33 heavy (non-hydrogen) atoms. The van der Waals surface area contributed by atoms with Crippen LogP contribution in [0.2, 0.25) is 0 Å². The average molecular weight is 459 g/mol. The molecule has 10 heteroatoms. The summed E-state index contributed by atoms with van der Waals surface area (Å²) in [5.74, 6) is -2.39. The number of nitrogens with one attached hydrogen (secondary N) is 2. The molecule has 178 valence electrons. The minimum Gasteiger partial charge on any atom is -0.460 e. The van der Waals surface area contributed by atoms with E-state index in [1.807, 2.05) is 20.8 Å². The Balaban J connectivity index is 1.45. The number of carbonyl (C=O) groups excluding carboxylic acids is 5. The van der Waals surface area contributed by atoms with Gasteiger partial charge in [0.05, 0.1) is 17.7 Å². The van der Waals surface area contributed by atoms with Crippen molar-refractivity contribution >= 4 is 35.3 Å². The Kier molecular flexibility index (Phi) is 7.47. The van der Waals surface area contributed by atoms with Crippen LogP contribution in [-0.2, 0) is 23.9 Å². The number of carbonyl (C=O) groups is 5. The molecule has 0 aliphatic carbocycles. The van der Waals surface area contributed by atoms with Gasteiger partial charge in [0.15, 0.2) is 0 Å². The van der Waals surface area contributed by atoms with Gasteiger partial charge in [0.25, 0.3) is 11.8 Å². The quantitative estimate of drug-likeness (QED) is 0.324. The highest BCUT2D eigenvalue weighted by atomic mass is 16.6. The van der Waals surface area contributed by atoms with E-state index in [0.717, 1.165) is 4.90 Å². The topological polar surface area (TPSA) is 131 Å². The fourth-order valence-electron chi connectivity index (χ4n) is 3.66. The molecular formula is C23H29N3O7. The molecule has 3 rings (SSSR count). The largest absolute Gasteiger partial charge is 0.460 e. The number of fused-ring (bicyclic) bond motifs is 1. The molecule has 2 aliphatic heterocycles. The summed E-state index contributed by atoms with van der Waals surface area (Å²) in [7, 11) is 0. The molecule has 2 N–H and O–H groups in total. The van der Waals surface area contributed by atoms with E-state index in [0.29, 0.717) is 31.9 Å². The lowest BCUT2D eigenvalue weighted by Crippen LogP contribution is -2.54. The van der Waals surface area contributed by atoms with Crippen molar-refractivity contribution in [1.29, 1.82) is 0 Å². The van der Waals surface area contributed by atoms with Crippen LogP contribution in [0.25, 0.3) is 0 Å². The van der Waals surface area contributed by atoms with Gasteiger partial charge in [-0.25, -0.2) is 0 Å². The molecule has 1 atom stereocenters. The fraction of sp³-hybridized carbons (Fsp3) is 0.522. The summed E-state index contributed by atoms with van der Waals surface area (Å²) in [5.41, 5.74) is 0.585. The standard InChI is InChI=1S/C23H29N3O7/c1-23(2,3)33-19(28)5-4-11-32-12-10-24-14-6-7-15-16(13-14)22(31)26(21(15)30)17-8-9-18(27)25-20(17)29/h6-7,13,17,24H,4-5,8-12H2,1-3H3,(H,25,27,29). The predicted molar refractivity (Wildman–Crippen MR) is 118 cm³/mol. The number of hydrogen-bond acceptors (Lipinski definition) is 8. The first kappa shape index (κ1) is 24.4. The Morgan fingerprint density at radius 3 is 2.55 bits per heavy atom. The van der Waals surface area contributed by atoms with Crippen molar-refractivity contribution in [1.82, 2.24) is 10.2 Å². The van der Waals surface area contributed by atoms with Crippen LogP contribution in [0.3, 0.4) is 0 Å². The minimum atomic E-state index is -0.986. The monoisotopic (exact) mass is 459 g/mol. The van der Waals surface area contributed by atoms with Gasteiger partial charge in [-0.2, -0.15) is 0 Å². The van der Waals surface area contributed by atoms with Crippen molar-refractivity contribution in [2.75, 3.05) is 25.1 Å². The highest BCUT2D eigenvalue weighted by molar-refractivity contribution is 6.23. The number of ether oxygens (including phenoxy) is 2. The molecule has 0 saturated carbocycles. The zero-order chi connectivity index (χ0) is 24.2. The van der Waals surface area contributed by atoms with Crippen LogP contribution in [0.1, 0.15) is 67.2 Å². The third-order valence-corrected chi connectivity index (χ3v) is 5.10. The number of hydrogen-bond donors (Lipinski definition) is 2. The molecule has 1 saturated heterocycles. The summed E-state index contributed by atoms with van der Waals surface area (Å²) in [6.07, 6.45) is 1.04. The number of nitrogens with zero attached hydrogens (tertiary/aromatic N) is 1. The van der Waals surface area contributed by atoms with Crippen LogP contribution in [0.4, 0.5) is 5.69 Å². The molecule has 1 aromatic carbocycles. The Labute approximate surface area is 192 Å². The number of anilines is 1. The average Bonchev–Trinajstić information content (AvgIpc) is 2.96. The third-order valence-electron chi connectivity index (χ3n) is 5.10. The van der Waals surface area contributed by atoms with Gasteiger partial charge in [0, 0.05) is 31.7 Å². The maximum atomic E-state index is 12.8. The van der Waals surface area contributed by atoms with Gasteiger partial charge in [-0.3, -0.25) is 34.2 Å². The zero-order valence-corrected chi connectivity index (χ0v) is 19.1. The van der Waals surface area contributed by atoms with E-state index in [9.17, 15) is 24.0 Å². The smallest absolute Gasteiger partial charge is 0.306 e. The Bertz CT molecular complexity index is 967. The lowest BCUT2D eigenvalue weighted by Gasteiger charge is -2.27. The van der Waals surface area contributed by atoms with Crippen LogP contribution in [-0.4, -0.2) is 65.9 Å². The van der Waals surface area contributed by atoms with Gasteiger partial charge in [0.1, 0.15) is 11.6 Å². The Morgan fingerprint density at radius 1 is 1.12 bits per heavy atom. The van der Waals surface area contributed by atoms with Crippen molar-refractivity contribution in [2.24, 2.45) is 0 Å². The van der Waals surface area contributed by atoms with Crippen LogP contribution >= 0.6 is 0 Å². The molecule has 0 bridgehead atoms. The summed E-state index contributed by atoms with van der Waals surface area (Å²) in [6.45, 7) is 6.73. The summed E-state index contributed by atoms with van der Waals surface area (Å²) < 4.78 is 10.7. The normalized spacial score (nSPS) is 18.3. The highest BCUT2D eigenvalue weighted by Gasteiger charge is 2.44. The first-order valence-corrected chi connectivity index (χ1v) is 11.0. The van der Waals surface area contributed by atoms with Crippen molar-refractivity contribution in [3.05, 3.63) is 29.3 Å². The second kappa shape index (κ2) is 10.1. The maximum absolute atomic E-state index is 12.8. The van der Waals surface area contributed by atoms with Gasteiger partial charge in [-0.05, 0) is 51.8 Å². The lowest BCUT2D eigenvalue weighted by atomic mass is 10.0. The number of piperidine rings is 1. The number of imide groups is 2. The molecule has 4 amide bonds. The maximum Gasteiger partial charge on any atom is 0.306 e. The highest BCUT2D eigenvalue weighted by Crippen LogP contribution is 2.29. The zero-order valence-electron chi connectivity index (χ0n) is 19.1. The molecule has 2 aliphatic rings. The van der Waals surface area contributed by atoms with Crippen LogP contribution in [0, 0.1) is 0 Å². The van der Waals surface area contributed by atoms with Gasteiger partial charge < -0.3 is 14.8 Å². The lowest BCUT2D eigenvalue weighted by molar-refractivity contribution is -0.155. The van der Waals surface area contributed by atoms with Crippen LogP contribution in [0.5, 0.6) is 0 Å². The van der Waals surface area contributed by atoms with E-state index >= 15 is 0 Å². The van der Waals surface area contributed by atoms with Crippen LogP contribution < -0.4 is 10.6 Å². The van der Waals surface area contributed by atoms with Crippen molar-refractivity contribution in [3.63, 3.8) is 0 Å². The number of esters is 1. The Morgan fingerprint density at radius 2 is 1.85 bits per heavy atom. The van der Waals surface area contributed by atoms with Gasteiger partial charge in [-0.1, -0.05) is 0 Å².